The minimum atomic E-state index is -0.691. The van der Waals surface area contributed by atoms with Crippen molar-refractivity contribution in [1.82, 2.24) is 9.78 Å². The highest BCUT2D eigenvalue weighted by atomic mass is 16.5. The summed E-state index contributed by atoms with van der Waals surface area (Å²) in [4.78, 5) is 0. The van der Waals surface area contributed by atoms with Crippen LogP contribution in [0, 0.1) is 52.3 Å². The molecule has 0 amide bonds. The van der Waals surface area contributed by atoms with Gasteiger partial charge in [0.15, 0.2) is 0 Å². The molecule has 0 bridgehead atoms. The third-order valence-electron chi connectivity index (χ3n) is 10.8. The molecule has 33 heavy (non-hydrogen) atoms. The molecule has 4 aliphatic rings. The fourth-order valence-electron chi connectivity index (χ4n) is 9.18. The molecule has 0 radical (unpaired) electrons. The number of methoxy groups -OCH3 is 1. The van der Waals surface area contributed by atoms with E-state index in [-0.39, 0.29) is 11.3 Å². The van der Waals surface area contributed by atoms with Crippen molar-refractivity contribution >= 4 is 0 Å². The summed E-state index contributed by atoms with van der Waals surface area (Å²) in [5.41, 5.74) is -0.806. The summed E-state index contributed by atoms with van der Waals surface area (Å²) in [6.45, 7) is 5.65. The molecule has 9 atom stereocenters. The average molecular weight is 456 g/mol. The molecule has 1 heterocycles. The maximum Gasteiger partial charge on any atom is 0.102 e. The largest absolute Gasteiger partial charge is 0.389 e. The van der Waals surface area contributed by atoms with Crippen LogP contribution < -0.4 is 0 Å². The van der Waals surface area contributed by atoms with Crippen LogP contribution in [0.3, 0.4) is 0 Å². The van der Waals surface area contributed by atoms with E-state index >= 15 is 0 Å². The van der Waals surface area contributed by atoms with E-state index in [4.69, 9.17) is 10.00 Å². The molecule has 182 valence electrons. The molecular weight excluding hydrogens is 414 g/mol. The van der Waals surface area contributed by atoms with Gasteiger partial charge in [0.2, 0.25) is 0 Å². The Labute approximate surface area is 198 Å². The zero-order valence-electron chi connectivity index (χ0n) is 20.5. The van der Waals surface area contributed by atoms with Gasteiger partial charge in [-0.1, -0.05) is 13.8 Å². The van der Waals surface area contributed by atoms with Gasteiger partial charge in [0.25, 0.3) is 0 Å². The van der Waals surface area contributed by atoms with Gasteiger partial charge in [-0.05, 0) is 92.8 Å². The number of hydrogen-bond acceptors (Lipinski definition) is 5. The highest BCUT2D eigenvalue weighted by molar-refractivity contribution is 5.22. The molecule has 0 aliphatic heterocycles. The quantitative estimate of drug-likeness (QED) is 0.696. The Morgan fingerprint density at radius 3 is 2.67 bits per heavy atom. The van der Waals surface area contributed by atoms with Crippen LogP contribution in [-0.2, 0) is 11.3 Å². The highest BCUT2D eigenvalue weighted by Crippen LogP contribution is 2.67. The maximum absolute atomic E-state index is 12.1. The maximum atomic E-state index is 12.1. The first-order valence-electron chi connectivity index (χ1n) is 13.1. The summed E-state index contributed by atoms with van der Waals surface area (Å²) in [5.74, 6) is 3.47. The number of nitrogens with zero attached hydrogens (tertiary/aromatic N) is 3. The molecule has 2 N–H and O–H groups in total. The topological polar surface area (TPSA) is 91.3 Å². The van der Waals surface area contributed by atoms with Gasteiger partial charge in [-0.15, -0.1) is 0 Å². The Morgan fingerprint density at radius 1 is 1.15 bits per heavy atom. The van der Waals surface area contributed by atoms with Crippen molar-refractivity contribution in [2.75, 3.05) is 13.7 Å². The number of aromatic nitrogens is 2. The number of hydrogen-bond donors (Lipinski definition) is 2. The van der Waals surface area contributed by atoms with Crippen LogP contribution in [0.5, 0.6) is 0 Å². The van der Waals surface area contributed by atoms with Crippen LogP contribution in [0.2, 0.25) is 0 Å². The molecule has 1 aromatic rings. The van der Waals surface area contributed by atoms with Crippen LogP contribution in [0.15, 0.2) is 12.4 Å². The van der Waals surface area contributed by atoms with E-state index in [1.165, 1.54) is 19.3 Å². The monoisotopic (exact) mass is 455 g/mol. The van der Waals surface area contributed by atoms with Gasteiger partial charge in [-0.25, -0.2) is 0 Å². The molecule has 0 unspecified atom stereocenters. The molecule has 4 saturated carbocycles. The second kappa shape index (κ2) is 8.36. The normalized spacial score (nSPS) is 45.5. The molecule has 6 heteroatoms. The van der Waals surface area contributed by atoms with Crippen LogP contribution in [0.1, 0.15) is 77.2 Å². The van der Waals surface area contributed by atoms with Gasteiger partial charge in [0.05, 0.1) is 29.6 Å². The van der Waals surface area contributed by atoms with Gasteiger partial charge in [0.1, 0.15) is 6.07 Å². The van der Waals surface area contributed by atoms with Crippen molar-refractivity contribution in [3.8, 4) is 6.07 Å². The number of nitriles is 1. The molecule has 0 spiro atoms. The van der Waals surface area contributed by atoms with E-state index < -0.39 is 11.2 Å². The third-order valence-corrected chi connectivity index (χ3v) is 10.8. The van der Waals surface area contributed by atoms with Crippen LogP contribution in [0.4, 0.5) is 0 Å². The van der Waals surface area contributed by atoms with Gasteiger partial charge < -0.3 is 14.9 Å². The zero-order valence-corrected chi connectivity index (χ0v) is 20.5. The summed E-state index contributed by atoms with van der Waals surface area (Å²) in [7, 11) is 1.69. The second-order valence-corrected chi connectivity index (χ2v) is 12.2. The van der Waals surface area contributed by atoms with E-state index in [0.29, 0.717) is 36.5 Å². The number of rotatable bonds is 5. The Hall–Kier alpha value is -1.42. The third kappa shape index (κ3) is 3.66. The minimum absolute atomic E-state index is 0.0584. The number of aliphatic hydroxyl groups is 2. The molecule has 0 aromatic carbocycles. The van der Waals surface area contributed by atoms with Crippen molar-refractivity contribution in [2.24, 2.45) is 40.9 Å². The lowest BCUT2D eigenvalue weighted by molar-refractivity contribution is -0.165. The summed E-state index contributed by atoms with van der Waals surface area (Å²) in [6.07, 6.45) is 13.0. The van der Waals surface area contributed by atoms with E-state index in [1.54, 1.807) is 19.5 Å². The van der Waals surface area contributed by atoms with Crippen molar-refractivity contribution in [2.45, 2.75) is 89.4 Å². The predicted molar refractivity (Wildman–Crippen MR) is 125 cm³/mol. The minimum Gasteiger partial charge on any atom is -0.389 e. The smallest absolute Gasteiger partial charge is 0.102 e. The zero-order chi connectivity index (χ0) is 23.4. The van der Waals surface area contributed by atoms with Crippen LogP contribution in [-0.4, -0.2) is 44.9 Å². The first kappa shape index (κ1) is 23.3. The van der Waals surface area contributed by atoms with E-state index in [9.17, 15) is 10.2 Å². The molecule has 4 aliphatic carbocycles. The lowest BCUT2D eigenvalue weighted by Crippen LogP contribution is -2.57. The van der Waals surface area contributed by atoms with Gasteiger partial charge in [-0.3, -0.25) is 4.68 Å². The lowest BCUT2D eigenvalue weighted by Gasteiger charge is -2.59. The van der Waals surface area contributed by atoms with Gasteiger partial charge >= 0.3 is 0 Å². The molecule has 1 aromatic heterocycles. The molecule has 4 fully saturated rings. The first-order valence-corrected chi connectivity index (χ1v) is 13.1. The standard InChI is InChI=1S/C27H41N3O3/c1-18(15-30-16-19(13-28)14-29-30)27(32)11-8-24-23-5-4-20-12-26(31,17-33-3)10-7-21(20)22(23)6-9-25(24,27)2/h14,16,18,20-24,31-32H,4-12,15,17H2,1-3H3/t18-,20-,21-,22+,23+,24-,25-,26+,27-/m0/s1. The molecular formula is C27H41N3O3. The Kier molecular flexibility index (Phi) is 5.91. The predicted octanol–water partition coefficient (Wildman–Crippen LogP) is 4.15. The average Bonchev–Trinajstić information content (AvgIpc) is 3.35. The summed E-state index contributed by atoms with van der Waals surface area (Å²) in [6, 6.07) is 2.15. The van der Waals surface area contributed by atoms with Crippen molar-refractivity contribution < 1.29 is 14.9 Å². The second-order valence-electron chi connectivity index (χ2n) is 12.2. The lowest BCUT2D eigenvalue weighted by atomic mass is 9.48. The Bertz CT molecular complexity index is 911. The Balaban J connectivity index is 1.31. The fourth-order valence-corrected chi connectivity index (χ4v) is 9.18. The molecule has 0 saturated heterocycles. The van der Waals surface area contributed by atoms with E-state index in [0.717, 1.165) is 50.4 Å². The Morgan fingerprint density at radius 2 is 1.94 bits per heavy atom. The molecule has 5 rings (SSSR count). The van der Waals surface area contributed by atoms with E-state index in [1.807, 2.05) is 4.68 Å². The van der Waals surface area contributed by atoms with Crippen molar-refractivity contribution in [3.63, 3.8) is 0 Å². The SMILES string of the molecule is COC[C@@]1(O)CC[C@H]2[C@@H](CC[C@@H]3[C@@H]2CC[C@@]2(C)[C@H]3CC[C@]2(O)[C@@H](C)Cn2cc(C#N)cn2)C1. The van der Waals surface area contributed by atoms with E-state index in [2.05, 4.69) is 25.0 Å². The van der Waals surface area contributed by atoms with Crippen LogP contribution in [0.25, 0.3) is 0 Å². The first-order chi connectivity index (χ1) is 15.7. The van der Waals surface area contributed by atoms with Crippen molar-refractivity contribution in [3.05, 3.63) is 18.0 Å². The summed E-state index contributed by atoms with van der Waals surface area (Å²) >= 11 is 0. The van der Waals surface area contributed by atoms with Crippen molar-refractivity contribution in [1.29, 1.82) is 5.26 Å². The summed E-state index contributed by atoms with van der Waals surface area (Å²) in [5, 5.41) is 36.6. The van der Waals surface area contributed by atoms with Crippen LogP contribution >= 0.6 is 0 Å². The number of fused-ring (bicyclic) bond motifs is 5. The van der Waals surface area contributed by atoms with Gasteiger partial charge in [-0.2, -0.15) is 10.4 Å². The highest BCUT2D eigenvalue weighted by Gasteiger charge is 2.64. The number of ether oxygens (including phenoxy) is 1. The molecule has 6 nitrogen and oxygen atoms in total. The fraction of sp³-hybridized carbons (Fsp3) is 0.852. The summed E-state index contributed by atoms with van der Waals surface area (Å²) < 4.78 is 7.17. The van der Waals surface area contributed by atoms with Gasteiger partial charge in [0, 0.05) is 25.8 Å².